The van der Waals surface area contributed by atoms with Gasteiger partial charge in [-0.1, -0.05) is 13.8 Å². The number of rotatable bonds is 6. The Morgan fingerprint density at radius 1 is 1.65 bits per heavy atom. The van der Waals surface area contributed by atoms with Crippen LogP contribution in [0.3, 0.4) is 0 Å². The van der Waals surface area contributed by atoms with Gasteiger partial charge in [0.2, 0.25) is 5.91 Å². The van der Waals surface area contributed by atoms with Crippen molar-refractivity contribution in [2.24, 2.45) is 11.1 Å². The van der Waals surface area contributed by atoms with Crippen LogP contribution in [0, 0.1) is 5.41 Å². The van der Waals surface area contributed by atoms with Gasteiger partial charge in [-0.05, 0) is 24.9 Å². The van der Waals surface area contributed by atoms with Crippen molar-refractivity contribution in [3.63, 3.8) is 0 Å². The molecule has 1 amide bonds. The number of ether oxygens (including phenoxy) is 1. The van der Waals surface area contributed by atoms with E-state index in [4.69, 9.17) is 10.5 Å². The van der Waals surface area contributed by atoms with E-state index < -0.39 is 0 Å². The third-order valence-corrected chi connectivity index (χ3v) is 4.39. The molecule has 1 fully saturated rings. The Bertz CT molecular complexity index is 271. The summed E-state index contributed by atoms with van der Waals surface area (Å²) in [7, 11) is 1.72. The van der Waals surface area contributed by atoms with E-state index in [1.807, 2.05) is 6.26 Å². The van der Waals surface area contributed by atoms with Crippen molar-refractivity contribution < 1.29 is 9.53 Å². The summed E-state index contributed by atoms with van der Waals surface area (Å²) in [5.74, 6) is 0.884. The largest absolute Gasteiger partial charge is 0.381 e. The fraction of sp³-hybridized carbons (Fsp3) is 0.917. The Balaban J connectivity index is 2.38. The van der Waals surface area contributed by atoms with Crippen LogP contribution in [0.25, 0.3) is 0 Å². The summed E-state index contributed by atoms with van der Waals surface area (Å²) in [6.07, 6.45) is 3.86. The zero-order valence-electron chi connectivity index (χ0n) is 11.2. The quantitative estimate of drug-likeness (QED) is 0.748. The topological polar surface area (TPSA) is 64.3 Å². The number of hydrogen-bond acceptors (Lipinski definition) is 4. The minimum absolute atomic E-state index is 0.00361. The molecule has 0 radical (unpaired) electrons. The molecule has 0 bridgehead atoms. The van der Waals surface area contributed by atoms with Crippen LogP contribution in [0.1, 0.15) is 26.7 Å². The SMILES string of the molecule is COC1CC(NC(=O)[C@@H](N)CCSC)C1(C)C. The van der Waals surface area contributed by atoms with Crippen LogP contribution in [-0.2, 0) is 9.53 Å². The summed E-state index contributed by atoms with van der Waals surface area (Å²) in [4.78, 5) is 11.8. The second-order valence-corrected chi connectivity index (χ2v) is 6.22. The van der Waals surface area contributed by atoms with Crippen LogP contribution in [0.2, 0.25) is 0 Å². The van der Waals surface area contributed by atoms with Gasteiger partial charge in [0.05, 0.1) is 12.1 Å². The van der Waals surface area contributed by atoms with Crippen LogP contribution in [0.4, 0.5) is 0 Å². The number of hydrogen-bond donors (Lipinski definition) is 2. The number of thioether (sulfide) groups is 1. The molecule has 1 aliphatic rings. The van der Waals surface area contributed by atoms with Gasteiger partial charge in [-0.2, -0.15) is 11.8 Å². The number of amides is 1. The first kappa shape index (κ1) is 14.8. The van der Waals surface area contributed by atoms with Crippen molar-refractivity contribution in [3.05, 3.63) is 0 Å². The van der Waals surface area contributed by atoms with Crippen LogP contribution in [0.15, 0.2) is 0 Å². The van der Waals surface area contributed by atoms with Gasteiger partial charge in [0.1, 0.15) is 0 Å². The molecule has 0 aromatic rings. The predicted molar refractivity (Wildman–Crippen MR) is 72.1 cm³/mol. The molecule has 0 aliphatic heterocycles. The van der Waals surface area contributed by atoms with Gasteiger partial charge in [-0.15, -0.1) is 0 Å². The first-order valence-corrected chi connectivity index (χ1v) is 7.40. The van der Waals surface area contributed by atoms with Gasteiger partial charge in [-0.3, -0.25) is 4.79 Å². The highest BCUT2D eigenvalue weighted by molar-refractivity contribution is 7.98. The molecule has 0 heterocycles. The lowest BCUT2D eigenvalue weighted by Gasteiger charge is -2.51. The normalized spacial score (nSPS) is 28.3. The zero-order valence-corrected chi connectivity index (χ0v) is 12.0. The van der Waals surface area contributed by atoms with Crippen LogP contribution >= 0.6 is 11.8 Å². The van der Waals surface area contributed by atoms with Crippen molar-refractivity contribution in [2.45, 2.75) is 44.9 Å². The number of carbonyl (C=O) groups is 1. The Morgan fingerprint density at radius 2 is 2.29 bits per heavy atom. The highest BCUT2D eigenvalue weighted by Gasteiger charge is 2.49. The van der Waals surface area contributed by atoms with E-state index in [0.717, 1.165) is 18.6 Å². The lowest BCUT2D eigenvalue weighted by atomic mass is 9.64. The van der Waals surface area contributed by atoms with Gasteiger partial charge in [0.25, 0.3) is 0 Å². The number of methoxy groups -OCH3 is 1. The third-order valence-electron chi connectivity index (χ3n) is 3.75. The van der Waals surface area contributed by atoms with Gasteiger partial charge in [0.15, 0.2) is 0 Å². The smallest absolute Gasteiger partial charge is 0.237 e. The molecule has 5 heteroatoms. The van der Waals surface area contributed by atoms with E-state index in [0.29, 0.717) is 0 Å². The van der Waals surface area contributed by atoms with E-state index >= 15 is 0 Å². The van der Waals surface area contributed by atoms with E-state index in [1.54, 1.807) is 18.9 Å². The number of nitrogens with two attached hydrogens (primary N) is 1. The third kappa shape index (κ3) is 3.36. The molecule has 1 aliphatic carbocycles. The Hall–Kier alpha value is -0.260. The molecule has 0 spiro atoms. The van der Waals surface area contributed by atoms with Crippen molar-refractivity contribution in [1.82, 2.24) is 5.32 Å². The van der Waals surface area contributed by atoms with Gasteiger partial charge >= 0.3 is 0 Å². The van der Waals surface area contributed by atoms with E-state index in [1.165, 1.54) is 0 Å². The molecule has 0 aromatic carbocycles. The van der Waals surface area contributed by atoms with Crippen molar-refractivity contribution in [2.75, 3.05) is 19.1 Å². The minimum Gasteiger partial charge on any atom is -0.381 e. The van der Waals surface area contributed by atoms with E-state index in [2.05, 4.69) is 19.2 Å². The van der Waals surface area contributed by atoms with Gasteiger partial charge < -0.3 is 15.8 Å². The second-order valence-electron chi connectivity index (χ2n) is 5.23. The lowest BCUT2D eigenvalue weighted by Crippen LogP contribution is -2.63. The number of nitrogens with one attached hydrogen (secondary N) is 1. The molecule has 0 saturated heterocycles. The molecule has 2 unspecified atom stereocenters. The molecule has 1 saturated carbocycles. The fourth-order valence-electron chi connectivity index (χ4n) is 2.19. The Morgan fingerprint density at radius 3 is 2.76 bits per heavy atom. The van der Waals surface area contributed by atoms with Gasteiger partial charge in [-0.25, -0.2) is 0 Å². The summed E-state index contributed by atoms with van der Waals surface area (Å²) in [5.41, 5.74) is 5.83. The maximum atomic E-state index is 11.8. The first-order valence-electron chi connectivity index (χ1n) is 6.01. The van der Waals surface area contributed by atoms with Crippen LogP contribution in [-0.4, -0.2) is 43.2 Å². The van der Waals surface area contributed by atoms with E-state index in [-0.39, 0.29) is 29.5 Å². The lowest BCUT2D eigenvalue weighted by molar-refractivity contribution is -0.133. The molecule has 1 rings (SSSR count). The molecule has 4 nitrogen and oxygen atoms in total. The number of carbonyl (C=O) groups excluding carboxylic acids is 1. The maximum absolute atomic E-state index is 11.8. The average Bonchev–Trinajstić information content (AvgIpc) is 2.30. The monoisotopic (exact) mass is 260 g/mol. The van der Waals surface area contributed by atoms with E-state index in [9.17, 15) is 4.79 Å². The molecular formula is C12H24N2O2S. The van der Waals surface area contributed by atoms with Crippen molar-refractivity contribution in [3.8, 4) is 0 Å². The second kappa shape index (κ2) is 6.07. The summed E-state index contributed by atoms with van der Waals surface area (Å²) >= 11 is 1.71. The summed E-state index contributed by atoms with van der Waals surface area (Å²) in [5, 5.41) is 3.03. The average molecular weight is 260 g/mol. The molecule has 0 aromatic heterocycles. The fourth-order valence-corrected chi connectivity index (χ4v) is 2.67. The summed E-state index contributed by atoms with van der Waals surface area (Å²) < 4.78 is 5.35. The van der Waals surface area contributed by atoms with Crippen molar-refractivity contribution in [1.29, 1.82) is 0 Å². The summed E-state index contributed by atoms with van der Waals surface area (Å²) in [6.45, 7) is 4.23. The molecule has 3 atom stereocenters. The summed E-state index contributed by atoms with van der Waals surface area (Å²) in [6, 6.07) is -0.208. The minimum atomic E-state index is -0.389. The molecule has 17 heavy (non-hydrogen) atoms. The van der Waals surface area contributed by atoms with Gasteiger partial charge in [0, 0.05) is 18.6 Å². The molecular weight excluding hydrogens is 236 g/mol. The predicted octanol–water partition coefficient (Wildman–Crippen LogP) is 0.996. The van der Waals surface area contributed by atoms with Crippen LogP contribution in [0.5, 0.6) is 0 Å². The molecule has 3 N–H and O–H groups in total. The van der Waals surface area contributed by atoms with Crippen LogP contribution < -0.4 is 11.1 Å². The Kier molecular flexibility index (Phi) is 5.28. The first-order chi connectivity index (χ1) is 7.93. The zero-order chi connectivity index (χ0) is 13.1. The molecule has 100 valence electrons. The standard InChI is InChI=1S/C12H24N2O2S/c1-12(2)9(7-10(12)16-3)14-11(15)8(13)5-6-17-4/h8-10H,5-7,13H2,1-4H3,(H,14,15)/t8-,9?,10?/m0/s1. The van der Waals surface area contributed by atoms with Crippen molar-refractivity contribution >= 4 is 17.7 Å². The highest BCUT2D eigenvalue weighted by atomic mass is 32.2. The highest BCUT2D eigenvalue weighted by Crippen LogP contribution is 2.42. The Labute approximate surface area is 108 Å². The maximum Gasteiger partial charge on any atom is 0.237 e.